The van der Waals surface area contributed by atoms with Crippen molar-refractivity contribution in [2.45, 2.75) is 129 Å². The molecule has 0 spiro atoms. The third-order valence-electron chi connectivity index (χ3n) is 16.9. The van der Waals surface area contributed by atoms with Crippen molar-refractivity contribution >= 4 is 68.8 Å². The molecule has 1 fully saturated rings. The summed E-state index contributed by atoms with van der Waals surface area (Å²) in [5.41, 5.74) is 22.4. The molecule has 1 saturated carbocycles. The summed E-state index contributed by atoms with van der Waals surface area (Å²) >= 11 is 0. The lowest BCUT2D eigenvalue weighted by molar-refractivity contribution is 0.199. The van der Waals surface area contributed by atoms with Crippen LogP contribution < -0.4 is 25.7 Å². The van der Waals surface area contributed by atoms with E-state index in [0.29, 0.717) is 0 Å². The third kappa shape index (κ3) is 6.92. The molecule has 69 heavy (non-hydrogen) atoms. The second-order valence-corrected chi connectivity index (χ2v) is 21.1. The van der Waals surface area contributed by atoms with Gasteiger partial charge >= 0.3 is 6.85 Å². The highest BCUT2D eigenvalue weighted by atomic mass is 16.3. The molecule has 2 atom stereocenters. The Kier molecular flexibility index (Phi) is 11.1. The van der Waals surface area contributed by atoms with Gasteiger partial charge in [-0.15, -0.1) is 0 Å². The Balaban J connectivity index is 1.18. The van der Waals surface area contributed by atoms with Crippen molar-refractivity contribution in [3.63, 3.8) is 0 Å². The summed E-state index contributed by atoms with van der Waals surface area (Å²) in [6.45, 7) is 11.9. The smallest absolute Gasteiger partial charge is 0.371 e. The largest absolute Gasteiger partial charge is 0.466 e. The van der Waals surface area contributed by atoms with Gasteiger partial charge in [0.1, 0.15) is 11.2 Å². The van der Waals surface area contributed by atoms with Crippen LogP contribution in [0.5, 0.6) is 0 Å². The number of fused-ring (bicyclic) bond motifs is 9. The number of aryl methyl sites for hydroxylation is 3. The summed E-state index contributed by atoms with van der Waals surface area (Å²) in [7, 11) is 0. The second-order valence-electron chi connectivity index (χ2n) is 21.1. The first-order chi connectivity index (χ1) is 33.8. The van der Waals surface area contributed by atoms with Gasteiger partial charge in [0, 0.05) is 55.9 Å². The number of benzene rings is 7. The van der Waals surface area contributed by atoms with Crippen LogP contribution in [-0.2, 0) is 24.7 Å². The standard InChI is InChI=1S/C64H66BN3O/c1-6-9-20-44-29-34-48(35-30-44)66(49-36-31-45(32-37-49)21-10-7-2)50-42-54-51-26-19-27-55-60(51)68(64(5)40-18-17-39-63(55,64)4)65-59(54)57(43-50)67(61-52-25-15-16-28-58(52)69-62(61)65)56-38-33-46(22-11-8-3)41-53(56)47-23-13-12-14-24-47/h12-16,19,23-38,41-43H,6-11,17-18,20-22,39-40H2,1-5H3. The lowest BCUT2D eigenvalue weighted by Gasteiger charge is -2.54. The van der Waals surface area contributed by atoms with Crippen LogP contribution in [0.15, 0.2) is 156 Å². The van der Waals surface area contributed by atoms with E-state index in [4.69, 9.17) is 4.42 Å². The minimum absolute atomic E-state index is 0.00911. The van der Waals surface area contributed by atoms with Crippen LogP contribution in [0.4, 0.5) is 39.8 Å². The lowest BCUT2D eigenvalue weighted by Crippen LogP contribution is -2.70. The van der Waals surface area contributed by atoms with Gasteiger partial charge in [0.2, 0.25) is 0 Å². The number of para-hydroxylation sites is 2. The van der Waals surface area contributed by atoms with Crippen LogP contribution in [0, 0.1) is 0 Å². The van der Waals surface area contributed by atoms with Gasteiger partial charge in [-0.1, -0.05) is 151 Å². The molecule has 12 rings (SSSR count). The molecule has 0 radical (unpaired) electrons. The van der Waals surface area contributed by atoms with Crippen molar-refractivity contribution in [2.24, 2.45) is 0 Å². The minimum atomic E-state index is -0.116. The molecular weight excluding hydrogens is 838 g/mol. The molecule has 4 heterocycles. The molecule has 0 bridgehead atoms. The predicted molar refractivity (Wildman–Crippen MR) is 294 cm³/mol. The number of hydrogen-bond acceptors (Lipinski definition) is 4. The van der Waals surface area contributed by atoms with Gasteiger partial charge in [0.05, 0.1) is 11.4 Å². The van der Waals surface area contributed by atoms with Crippen molar-refractivity contribution < 1.29 is 4.42 Å². The first-order valence-corrected chi connectivity index (χ1v) is 26.4. The van der Waals surface area contributed by atoms with Gasteiger partial charge in [-0.25, -0.2) is 0 Å². The molecule has 1 aliphatic carbocycles. The average Bonchev–Trinajstić information content (AvgIpc) is 3.87. The van der Waals surface area contributed by atoms with Crippen molar-refractivity contribution in [1.29, 1.82) is 0 Å². The topological polar surface area (TPSA) is 22.9 Å². The Morgan fingerprint density at radius 2 is 1.19 bits per heavy atom. The third-order valence-corrected chi connectivity index (χ3v) is 16.9. The summed E-state index contributed by atoms with van der Waals surface area (Å²) in [5, 5.41) is 1.15. The number of nitrogens with zero attached hydrogens (tertiary/aromatic N) is 3. The Hall–Kier alpha value is -6.46. The maximum absolute atomic E-state index is 7.44. The molecule has 4 nitrogen and oxygen atoms in total. The number of anilines is 7. The first kappa shape index (κ1) is 43.8. The van der Waals surface area contributed by atoms with Crippen LogP contribution in [0.1, 0.15) is 121 Å². The summed E-state index contributed by atoms with van der Waals surface area (Å²) in [4.78, 5) is 8.04. The summed E-state index contributed by atoms with van der Waals surface area (Å²) in [5.74, 6) is 0. The molecule has 2 unspecified atom stereocenters. The molecule has 0 amide bonds. The predicted octanol–water partition coefficient (Wildman–Crippen LogP) is 16.6. The molecule has 4 aliphatic rings. The van der Waals surface area contributed by atoms with E-state index in [2.05, 4.69) is 201 Å². The second kappa shape index (κ2) is 17.5. The van der Waals surface area contributed by atoms with Crippen LogP contribution in [0.25, 0.3) is 33.2 Å². The highest BCUT2D eigenvalue weighted by molar-refractivity contribution is 6.92. The first-order valence-electron chi connectivity index (χ1n) is 26.4. The molecule has 3 aliphatic heterocycles. The van der Waals surface area contributed by atoms with E-state index in [0.717, 1.165) is 66.5 Å². The Bertz CT molecular complexity index is 3140. The molecule has 0 N–H and O–H groups in total. The highest BCUT2D eigenvalue weighted by Gasteiger charge is 2.64. The Morgan fingerprint density at radius 1 is 0.551 bits per heavy atom. The molecule has 346 valence electrons. The average molecular weight is 904 g/mol. The van der Waals surface area contributed by atoms with Crippen LogP contribution >= 0.6 is 0 Å². The zero-order valence-corrected chi connectivity index (χ0v) is 41.5. The number of hydrogen-bond donors (Lipinski definition) is 0. The monoisotopic (exact) mass is 904 g/mol. The van der Waals surface area contributed by atoms with E-state index in [1.807, 2.05) is 0 Å². The van der Waals surface area contributed by atoms with E-state index in [1.165, 1.54) is 123 Å². The van der Waals surface area contributed by atoms with Crippen molar-refractivity contribution in [1.82, 2.24) is 0 Å². The Morgan fingerprint density at radius 3 is 1.88 bits per heavy atom. The van der Waals surface area contributed by atoms with Gasteiger partial charge in [-0.05, 0) is 158 Å². The van der Waals surface area contributed by atoms with Gasteiger partial charge in [0.25, 0.3) is 0 Å². The van der Waals surface area contributed by atoms with Crippen LogP contribution in [0.2, 0.25) is 0 Å². The van der Waals surface area contributed by atoms with Crippen molar-refractivity contribution in [2.75, 3.05) is 14.6 Å². The summed E-state index contributed by atoms with van der Waals surface area (Å²) in [6, 6.07) is 58.4. The van der Waals surface area contributed by atoms with Crippen molar-refractivity contribution in [3.8, 4) is 22.3 Å². The van der Waals surface area contributed by atoms with E-state index in [9.17, 15) is 0 Å². The number of unbranched alkanes of at least 4 members (excludes halogenated alkanes) is 3. The lowest BCUT2D eigenvalue weighted by atomic mass is 9.44. The fraction of sp³-hybridized carbons (Fsp3) is 0.312. The molecule has 5 heteroatoms. The van der Waals surface area contributed by atoms with E-state index in [-0.39, 0.29) is 17.8 Å². The SMILES string of the molecule is CCCCc1ccc(N(c2ccc(CCCC)cc2)c2cc3c4c(c2)N(c2ccc(CCCC)cc2-c2ccccc2)c2c(oc5ccccc25)B4N2c4c-3cccc4C3(C)CCCCC23C)cc1. The van der Waals surface area contributed by atoms with Gasteiger partial charge in [0.15, 0.2) is 0 Å². The van der Waals surface area contributed by atoms with Crippen LogP contribution in [-0.4, -0.2) is 12.4 Å². The molecule has 7 aromatic carbocycles. The van der Waals surface area contributed by atoms with Crippen molar-refractivity contribution in [3.05, 3.63) is 174 Å². The van der Waals surface area contributed by atoms with Crippen LogP contribution in [0.3, 0.4) is 0 Å². The Labute approximate surface area is 411 Å². The van der Waals surface area contributed by atoms with E-state index >= 15 is 0 Å². The molecule has 0 saturated heterocycles. The fourth-order valence-electron chi connectivity index (χ4n) is 13.1. The minimum Gasteiger partial charge on any atom is -0.466 e. The number of furan rings is 1. The summed E-state index contributed by atoms with van der Waals surface area (Å²) in [6.07, 6.45) is 15.1. The van der Waals surface area contributed by atoms with Gasteiger partial charge in [-0.3, -0.25) is 0 Å². The molecule has 8 aromatic rings. The van der Waals surface area contributed by atoms with E-state index < -0.39 is 0 Å². The maximum atomic E-state index is 7.44. The molecule has 1 aromatic heterocycles. The maximum Gasteiger partial charge on any atom is 0.371 e. The molecular formula is C64H66BN3O. The zero-order chi connectivity index (χ0) is 46.9. The van der Waals surface area contributed by atoms with Gasteiger partial charge < -0.3 is 19.0 Å². The quantitative estimate of drug-likeness (QED) is 0.101. The normalized spacial score (nSPS) is 18.5. The zero-order valence-electron chi connectivity index (χ0n) is 41.5. The van der Waals surface area contributed by atoms with Gasteiger partial charge in [-0.2, -0.15) is 0 Å². The fourth-order valence-corrected chi connectivity index (χ4v) is 13.1. The number of rotatable bonds is 14. The summed E-state index contributed by atoms with van der Waals surface area (Å²) < 4.78 is 7.44. The highest BCUT2D eigenvalue weighted by Crippen LogP contribution is 2.63. The van der Waals surface area contributed by atoms with E-state index in [1.54, 1.807) is 0 Å².